The lowest BCUT2D eigenvalue weighted by atomic mass is 9.94. The average molecular weight is 582 g/mol. The standard InChI is InChI=1S/C33H35N5O3S/c1-33(2,3)42(41)38-20-26-16-28(32(40)37-13-11-22-7-4-5-8-25(22)19-37)36-31(30(26)29(38)12-14-39)24-10-6-9-23(15-24)27-17-34-21-35-18-27/h4-10,15-18,21,29,39H,11-14,19-20H2,1-3H3/t29-,42-/m0/s1. The number of aliphatic hydroxyl groups excluding tert-OH is 1. The van der Waals surface area contributed by atoms with Crippen molar-refractivity contribution in [1.29, 1.82) is 0 Å². The average Bonchev–Trinajstić information content (AvgIpc) is 3.37. The van der Waals surface area contributed by atoms with E-state index in [0.717, 1.165) is 39.8 Å². The van der Waals surface area contributed by atoms with Crippen LogP contribution in [0.3, 0.4) is 0 Å². The van der Waals surface area contributed by atoms with Gasteiger partial charge < -0.3 is 10.0 Å². The number of fused-ring (bicyclic) bond motifs is 2. The molecule has 2 aromatic heterocycles. The summed E-state index contributed by atoms with van der Waals surface area (Å²) in [6, 6.07) is 17.8. The zero-order valence-corrected chi connectivity index (χ0v) is 25.0. The minimum atomic E-state index is -1.33. The van der Waals surface area contributed by atoms with Gasteiger partial charge in [-0.15, -0.1) is 0 Å². The van der Waals surface area contributed by atoms with E-state index in [2.05, 4.69) is 22.1 Å². The van der Waals surface area contributed by atoms with Crippen molar-refractivity contribution in [3.8, 4) is 22.4 Å². The van der Waals surface area contributed by atoms with E-state index in [1.54, 1.807) is 12.4 Å². The highest BCUT2D eigenvalue weighted by atomic mass is 32.2. The van der Waals surface area contributed by atoms with Crippen molar-refractivity contribution in [2.24, 2.45) is 0 Å². The number of hydrogen-bond acceptors (Lipinski definition) is 6. The summed E-state index contributed by atoms with van der Waals surface area (Å²) in [4.78, 5) is 29.2. The Morgan fingerprint density at radius 3 is 2.43 bits per heavy atom. The first-order chi connectivity index (χ1) is 20.2. The second-order valence-electron chi connectivity index (χ2n) is 11.8. The molecule has 2 aromatic carbocycles. The van der Waals surface area contributed by atoms with Gasteiger partial charge in [0.05, 0.1) is 16.5 Å². The van der Waals surface area contributed by atoms with Crippen molar-refractivity contribution in [2.45, 2.75) is 57.5 Å². The van der Waals surface area contributed by atoms with Gasteiger partial charge >= 0.3 is 0 Å². The van der Waals surface area contributed by atoms with E-state index in [1.165, 1.54) is 11.9 Å². The molecular formula is C33H35N5O3S. The minimum absolute atomic E-state index is 0.0589. The van der Waals surface area contributed by atoms with Crippen molar-refractivity contribution in [3.63, 3.8) is 0 Å². The lowest BCUT2D eigenvalue weighted by molar-refractivity contribution is 0.0728. The maximum atomic E-state index is 14.0. The summed E-state index contributed by atoms with van der Waals surface area (Å²) in [5.74, 6) is -0.115. The molecule has 2 aliphatic rings. The molecule has 8 nitrogen and oxygen atoms in total. The number of carbonyl (C=O) groups excluding carboxylic acids is 1. The quantitative estimate of drug-likeness (QED) is 0.340. The normalized spacial score (nSPS) is 17.5. The Kier molecular flexibility index (Phi) is 7.74. The van der Waals surface area contributed by atoms with E-state index < -0.39 is 15.7 Å². The Bertz CT molecular complexity index is 1650. The van der Waals surface area contributed by atoms with Gasteiger partial charge in [0, 0.05) is 55.3 Å². The molecule has 0 spiro atoms. The largest absolute Gasteiger partial charge is 0.396 e. The molecule has 216 valence electrons. The summed E-state index contributed by atoms with van der Waals surface area (Å²) in [7, 11) is -1.33. The third-order valence-electron chi connectivity index (χ3n) is 7.96. The molecule has 2 atom stereocenters. The number of amides is 1. The van der Waals surface area contributed by atoms with E-state index >= 15 is 0 Å². The molecule has 0 saturated heterocycles. The van der Waals surface area contributed by atoms with E-state index in [-0.39, 0.29) is 18.6 Å². The topological polar surface area (TPSA) is 99.5 Å². The Balaban J connectivity index is 1.47. The van der Waals surface area contributed by atoms with Crippen LogP contribution in [0.25, 0.3) is 22.4 Å². The van der Waals surface area contributed by atoms with Gasteiger partial charge in [-0.3, -0.25) is 4.79 Å². The van der Waals surface area contributed by atoms with Crippen LogP contribution in [-0.2, 0) is 30.5 Å². The number of nitrogens with zero attached hydrogens (tertiary/aromatic N) is 5. The van der Waals surface area contributed by atoms with Crippen molar-refractivity contribution in [1.82, 2.24) is 24.2 Å². The van der Waals surface area contributed by atoms with Crippen LogP contribution >= 0.6 is 0 Å². The Hall–Kier alpha value is -3.79. The Labute approximate surface area is 249 Å². The number of aliphatic hydroxyl groups is 1. The van der Waals surface area contributed by atoms with Crippen LogP contribution in [0.4, 0.5) is 0 Å². The van der Waals surface area contributed by atoms with Crippen molar-refractivity contribution >= 4 is 16.9 Å². The van der Waals surface area contributed by atoms with E-state index in [0.29, 0.717) is 37.4 Å². The molecule has 4 aromatic rings. The summed E-state index contributed by atoms with van der Waals surface area (Å²) in [6.45, 7) is 7.38. The molecule has 0 fully saturated rings. The molecule has 0 bridgehead atoms. The molecule has 0 saturated carbocycles. The molecule has 0 aliphatic carbocycles. The number of aromatic nitrogens is 3. The van der Waals surface area contributed by atoms with Crippen LogP contribution in [-0.4, -0.2) is 57.3 Å². The first-order valence-electron chi connectivity index (χ1n) is 14.3. The predicted molar refractivity (Wildman–Crippen MR) is 163 cm³/mol. The monoisotopic (exact) mass is 581 g/mol. The van der Waals surface area contributed by atoms with Crippen LogP contribution in [0, 0.1) is 0 Å². The van der Waals surface area contributed by atoms with E-state index in [1.807, 2.05) is 72.4 Å². The number of pyridine rings is 1. The zero-order valence-electron chi connectivity index (χ0n) is 24.2. The molecule has 1 N–H and O–H groups in total. The summed E-state index contributed by atoms with van der Waals surface area (Å²) in [5.41, 5.74) is 7.98. The fourth-order valence-corrected chi connectivity index (χ4v) is 7.33. The predicted octanol–water partition coefficient (Wildman–Crippen LogP) is 5.11. The third kappa shape index (κ3) is 5.40. The van der Waals surface area contributed by atoms with Crippen molar-refractivity contribution in [3.05, 3.63) is 101 Å². The molecule has 42 heavy (non-hydrogen) atoms. The number of rotatable bonds is 6. The molecule has 0 radical (unpaired) electrons. The van der Waals surface area contributed by atoms with Crippen LogP contribution in [0.5, 0.6) is 0 Å². The SMILES string of the molecule is CC(C)(C)[S@](=O)N1Cc2cc(C(=O)N3CCc4ccccc4C3)nc(-c3cccc(-c4cncnc4)c3)c2[C@@H]1CCO. The number of carbonyl (C=O) groups is 1. The minimum Gasteiger partial charge on any atom is -0.396 e. The second kappa shape index (κ2) is 11.5. The molecule has 4 heterocycles. The first kappa shape index (κ1) is 28.3. The van der Waals surface area contributed by atoms with E-state index in [4.69, 9.17) is 4.98 Å². The van der Waals surface area contributed by atoms with Gasteiger partial charge in [0.1, 0.15) is 23.0 Å². The Morgan fingerprint density at radius 2 is 1.69 bits per heavy atom. The van der Waals surface area contributed by atoms with Crippen LogP contribution in [0.1, 0.15) is 66.0 Å². The highest BCUT2D eigenvalue weighted by Gasteiger charge is 2.40. The smallest absolute Gasteiger partial charge is 0.272 e. The van der Waals surface area contributed by atoms with Gasteiger partial charge in [-0.2, -0.15) is 0 Å². The lowest BCUT2D eigenvalue weighted by Gasteiger charge is -2.30. The number of hydrogen-bond donors (Lipinski definition) is 1. The number of benzene rings is 2. The fourth-order valence-electron chi connectivity index (χ4n) is 5.92. The highest BCUT2D eigenvalue weighted by Crippen LogP contribution is 2.44. The van der Waals surface area contributed by atoms with Gasteiger partial charge in [0.15, 0.2) is 0 Å². The maximum Gasteiger partial charge on any atom is 0.272 e. The van der Waals surface area contributed by atoms with Gasteiger partial charge in [0.2, 0.25) is 0 Å². The maximum absolute atomic E-state index is 14.0. The molecule has 1 amide bonds. The van der Waals surface area contributed by atoms with Crippen LogP contribution < -0.4 is 0 Å². The van der Waals surface area contributed by atoms with Gasteiger partial charge in [-0.25, -0.2) is 23.5 Å². The van der Waals surface area contributed by atoms with Crippen molar-refractivity contribution in [2.75, 3.05) is 13.2 Å². The molecule has 0 unspecified atom stereocenters. The van der Waals surface area contributed by atoms with Crippen LogP contribution in [0.2, 0.25) is 0 Å². The Morgan fingerprint density at radius 1 is 0.952 bits per heavy atom. The van der Waals surface area contributed by atoms with Crippen LogP contribution in [0.15, 0.2) is 73.3 Å². The molecule has 6 rings (SSSR count). The fraction of sp³-hybridized carbons (Fsp3) is 0.333. The molecule has 2 aliphatic heterocycles. The second-order valence-corrected chi connectivity index (χ2v) is 14.0. The molecule has 9 heteroatoms. The summed E-state index contributed by atoms with van der Waals surface area (Å²) in [5, 5.41) is 10.1. The summed E-state index contributed by atoms with van der Waals surface area (Å²) >= 11 is 0. The van der Waals surface area contributed by atoms with Crippen molar-refractivity contribution < 1.29 is 14.1 Å². The zero-order chi connectivity index (χ0) is 29.4. The van der Waals surface area contributed by atoms with Gasteiger partial charge in [-0.1, -0.05) is 42.5 Å². The third-order valence-corrected chi connectivity index (χ3v) is 9.81. The first-order valence-corrected chi connectivity index (χ1v) is 15.4. The summed E-state index contributed by atoms with van der Waals surface area (Å²) < 4.78 is 15.2. The van der Waals surface area contributed by atoms with Gasteiger partial charge in [0.25, 0.3) is 5.91 Å². The van der Waals surface area contributed by atoms with E-state index in [9.17, 15) is 14.1 Å². The summed E-state index contributed by atoms with van der Waals surface area (Å²) in [6.07, 6.45) is 6.24. The lowest BCUT2D eigenvalue weighted by Crippen LogP contribution is -2.36. The highest BCUT2D eigenvalue weighted by molar-refractivity contribution is 7.84. The molecular weight excluding hydrogens is 546 g/mol. The van der Waals surface area contributed by atoms with Gasteiger partial charge in [-0.05, 0) is 68.0 Å².